The van der Waals surface area contributed by atoms with E-state index in [-0.39, 0.29) is 71.1 Å². The first-order chi connectivity index (χ1) is 19.8. The molecule has 2 aromatic rings. The fraction of sp³-hybridized carbons (Fsp3) is 0.552. The van der Waals surface area contributed by atoms with Crippen LogP contribution in [0.2, 0.25) is 0 Å². The number of imide groups is 1. The van der Waals surface area contributed by atoms with Gasteiger partial charge in [0.1, 0.15) is 5.75 Å². The molecule has 7 atom stereocenters. The maximum Gasteiger partial charge on any atom is 0.305 e. The number of hydrogen-bond acceptors (Lipinski definition) is 8. The van der Waals surface area contributed by atoms with Gasteiger partial charge in [-0.05, 0) is 49.5 Å². The molecule has 2 N–H and O–H groups in total. The number of piperidine rings is 1. The van der Waals surface area contributed by atoms with Crippen molar-refractivity contribution >= 4 is 46.8 Å². The Hall–Kier alpha value is -3.12. The van der Waals surface area contributed by atoms with Crippen molar-refractivity contribution in [1.82, 2.24) is 14.8 Å². The molecule has 4 fully saturated rings. The number of thiazole rings is 1. The fourth-order valence-electron chi connectivity index (χ4n) is 8.10. The number of H-pyrrole nitrogens is 1. The monoisotopic (exact) mass is 597 g/mol. The van der Waals surface area contributed by atoms with Crippen LogP contribution in [0.15, 0.2) is 34.1 Å². The molecule has 2 saturated heterocycles. The quantitative estimate of drug-likeness (QED) is 0.465. The lowest BCUT2D eigenvalue weighted by Gasteiger charge is -2.43. The highest BCUT2D eigenvalue weighted by molar-refractivity contribution is 8.00. The van der Waals surface area contributed by atoms with Crippen LogP contribution >= 0.6 is 23.1 Å². The number of fused-ring (bicyclic) bond motifs is 9. The number of carboxylic acid groups (broad SMARTS) is 1. The van der Waals surface area contributed by atoms with Gasteiger partial charge < -0.3 is 19.7 Å². The second kappa shape index (κ2) is 10.3. The number of benzene rings is 1. The van der Waals surface area contributed by atoms with Crippen LogP contribution in [0.3, 0.4) is 0 Å². The van der Waals surface area contributed by atoms with Crippen molar-refractivity contribution < 1.29 is 29.0 Å². The summed E-state index contributed by atoms with van der Waals surface area (Å²) in [5.74, 6) is -2.29. The molecule has 3 amide bonds. The van der Waals surface area contributed by atoms with Crippen LogP contribution in [0.4, 0.5) is 0 Å². The van der Waals surface area contributed by atoms with Gasteiger partial charge in [-0.2, -0.15) is 0 Å². The number of likely N-dealkylation sites (tertiary alicyclic amines) is 2. The van der Waals surface area contributed by atoms with E-state index in [2.05, 4.69) is 4.98 Å². The number of rotatable bonds is 7. The minimum Gasteiger partial charge on any atom is -0.483 e. The summed E-state index contributed by atoms with van der Waals surface area (Å²) in [6.07, 6.45) is 3.61. The predicted molar refractivity (Wildman–Crippen MR) is 150 cm³/mol. The number of ether oxygens (including phenoxy) is 1. The van der Waals surface area contributed by atoms with Gasteiger partial charge in [0, 0.05) is 41.2 Å². The summed E-state index contributed by atoms with van der Waals surface area (Å²) in [6.45, 7) is 1.32. The summed E-state index contributed by atoms with van der Waals surface area (Å²) in [4.78, 5) is 70.4. The number of carbonyl (C=O) groups is 4. The molecule has 216 valence electrons. The van der Waals surface area contributed by atoms with Crippen molar-refractivity contribution in [2.24, 2.45) is 29.6 Å². The average Bonchev–Trinajstić information content (AvgIpc) is 3.70. The SMILES string of the molecule is O=C(O)CCN1C(=O)C2C3CC(C2C1=O)C1C3Sc2[nH]c(=O)sc2[C@@H]1c1ccccc1OCC(=O)N1CCCCC1. The molecule has 10 nitrogen and oxygen atoms in total. The van der Waals surface area contributed by atoms with Crippen molar-refractivity contribution in [2.45, 2.75) is 48.3 Å². The van der Waals surface area contributed by atoms with E-state index >= 15 is 0 Å². The highest BCUT2D eigenvalue weighted by Gasteiger charge is 2.69. The molecule has 0 spiro atoms. The van der Waals surface area contributed by atoms with Crippen LogP contribution < -0.4 is 9.61 Å². The zero-order chi connectivity index (χ0) is 28.4. The summed E-state index contributed by atoms with van der Waals surface area (Å²) in [5, 5.41) is 9.97. The molecule has 7 rings (SSSR count). The summed E-state index contributed by atoms with van der Waals surface area (Å²) in [7, 11) is 0. The van der Waals surface area contributed by atoms with Crippen LogP contribution in [0.25, 0.3) is 0 Å². The topological polar surface area (TPSA) is 137 Å². The molecule has 3 aliphatic heterocycles. The number of aromatic nitrogens is 1. The van der Waals surface area contributed by atoms with Gasteiger partial charge in [0.15, 0.2) is 6.61 Å². The largest absolute Gasteiger partial charge is 0.483 e. The molecule has 4 heterocycles. The Balaban J connectivity index is 1.22. The zero-order valence-corrected chi connectivity index (χ0v) is 24.0. The van der Waals surface area contributed by atoms with Crippen LogP contribution in [0.5, 0.6) is 5.75 Å². The lowest BCUT2D eigenvalue weighted by Crippen LogP contribution is -2.43. The van der Waals surface area contributed by atoms with Crippen LogP contribution in [0, 0.1) is 29.6 Å². The number of amides is 3. The second-order valence-corrected chi connectivity index (χ2v) is 13.9. The predicted octanol–water partition coefficient (Wildman–Crippen LogP) is 2.78. The number of carboxylic acids is 1. The van der Waals surface area contributed by atoms with Gasteiger partial charge in [-0.25, -0.2) is 0 Å². The Morgan fingerprint density at radius 2 is 1.76 bits per heavy atom. The molecule has 2 saturated carbocycles. The number of thioether (sulfide) groups is 1. The third kappa shape index (κ3) is 4.32. The van der Waals surface area contributed by atoms with Gasteiger partial charge in [0.2, 0.25) is 11.8 Å². The summed E-state index contributed by atoms with van der Waals surface area (Å²) < 4.78 is 6.19. The van der Waals surface area contributed by atoms with Crippen molar-refractivity contribution in [2.75, 3.05) is 26.2 Å². The Morgan fingerprint density at radius 1 is 1.02 bits per heavy atom. The normalized spacial score (nSPS) is 31.7. The fourth-order valence-corrected chi connectivity index (χ4v) is 11.0. The minimum atomic E-state index is -1.04. The van der Waals surface area contributed by atoms with E-state index in [0.29, 0.717) is 5.75 Å². The van der Waals surface area contributed by atoms with Crippen LogP contribution in [0.1, 0.15) is 48.5 Å². The minimum absolute atomic E-state index is 0.0103. The van der Waals surface area contributed by atoms with Crippen molar-refractivity contribution in [3.63, 3.8) is 0 Å². The molecule has 1 aromatic carbocycles. The molecule has 2 aliphatic carbocycles. The first-order valence-electron chi connectivity index (χ1n) is 14.3. The molecule has 1 aromatic heterocycles. The summed E-state index contributed by atoms with van der Waals surface area (Å²) in [6, 6.07) is 7.64. The smallest absolute Gasteiger partial charge is 0.305 e. The van der Waals surface area contributed by atoms with Gasteiger partial charge in [-0.15, -0.1) is 11.8 Å². The Labute approximate surface area is 244 Å². The van der Waals surface area contributed by atoms with E-state index in [1.165, 1.54) is 16.2 Å². The van der Waals surface area contributed by atoms with Gasteiger partial charge in [-0.1, -0.05) is 29.5 Å². The Kier molecular flexibility index (Phi) is 6.72. The third-order valence-electron chi connectivity index (χ3n) is 9.68. The number of nitrogens with one attached hydrogen (secondary N) is 1. The first-order valence-corrected chi connectivity index (χ1v) is 16.0. The van der Waals surface area contributed by atoms with E-state index in [0.717, 1.165) is 54.2 Å². The van der Waals surface area contributed by atoms with Crippen LogP contribution in [-0.2, 0) is 19.2 Å². The molecule has 2 bridgehead atoms. The zero-order valence-electron chi connectivity index (χ0n) is 22.3. The standard InChI is InChI=1S/C29H31N3O7S2/c33-18(31-9-4-1-5-10-31)13-39-17-7-3-2-6-14(17)20-21-15-12-16(24(21)40-26-25(20)41-29(38)30-26)23-22(15)27(36)32(28(23)37)11-8-19(34)35/h2-3,6-7,15-16,20-24H,1,4-5,8-13H2,(H,30,38)(H,34,35)/t15?,16?,20-,21?,22?,23?,24?/m1/s1. The van der Waals surface area contributed by atoms with Gasteiger partial charge in [0.25, 0.3) is 5.91 Å². The molecule has 6 unspecified atom stereocenters. The number of para-hydroxylation sites is 1. The van der Waals surface area contributed by atoms with Gasteiger partial charge >= 0.3 is 10.8 Å². The third-order valence-corrected chi connectivity index (χ3v) is 12.3. The van der Waals surface area contributed by atoms with Crippen molar-refractivity contribution in [1.29, 1.82) is 0 Å². The van der Waals surface area contributed by atoms with Crippen molar-refractivity contribution in [3.8, 4) is 5.75 Å². The highest BCUT2D eigenvalue weighted by atomic mass is 32.2. The molecule has 12 heteroatoms. The van der Waals surface area contributed by atoms with Gasteiger partial charge in [0.05, 0.1) is 23.3 Å². The average molecular weight is 598 g/mol. The summed E-state index contributed by atoms with van der Waals surface area (Å²) >= 11 is 2.78. The lowest BCUT2D eigenvalue weighted by atomic mass is 9.68. The number of nitrogens with zero attached hydrogens (tertiary/aromatic N) is 2. The number of aromatic amines is 1. The van der Waals surface area contributed by atoms with E-state index in [1.54, 1.807) is 11.8 Å². The van der Waals surface area contributed by atoms with E-state index in [4.69, 9.17) is 9.84 Å². The molecule has 0 radical (unpaired) electrons. The molecule has 41 heavy (non-hydrogen) atoms. The Bertz CT molecular complexity index is 1480. The van der Waals surface area contributed by atoms with Gasteiger partial charge in [-0.3, -0.25) is 28.9 Å². The Morgan fingerprint density at radius 3 is 2.51 bits per heavy atom. The van der Waals surface area contributed by atoms with E-state index < -0.39 is 17.8 Å². The maximum atomic E-state index is 13.5. The highest BCUT2D eigenvalue weighted by Crippen LogP contribution is 2.69. The van der Waals surface area contributed by atoms with Crippen LogP contribution in [-0.4, -0.2) is 75.1 Å². The number of hydrogen-bond donors (Lipinski definition) is 2. The number of carbonyl (C=O) groups excluding carboxylic acids is 3. The van der Waals surface area contributed by atoms with E-state index in [1.807, 2.05) is 29.2 Å². The maximum absolute atomic E-state index is 13.5. The second-order valence-electron chi connectivity index (χ2n) is 11.7. The molecule has 5 aliphatic rings. The number of aliphatic carboxylic acids is 1. The first kappa shape index (κ1) is 26.8. The molecular formula is C29H31N3O7S2. The lowest BCUT2D eigenvalue weighted by molar-refractivity contribution is -0.142. The van der Waals surface area contributed by atoms with E-state index in [9.17, 15) is 24.0 Å². The van der Waals surface area contributed by atoms with Crippen molar-refractivity contribution in [3.05, 3.63) is 44.4 Å². The molecular weight excluding hydrogens is 566 g/mol. The summed E-state index contributed by atoms with van der Waals surface area (Å²) in [5.41, 5.74) is 0.884.